The van der Waals surface area contributed by atoms with Gasteiger partial charge in [0.25, 0.3) is 10.0 Å². The molecule has 2 aromatic carbocycles. The number of hydrogen-bond donors (Lipinski definition) is 2. The molecule has 0 atom stereocenters. The summed E-state index contributed by atoms with van der Waals surface area (Å²) in [5, 5.41) is 9.46. The van der Waals surface area contributed by atoms with Crippen LogP contribution in [0.5, 0.6) is 11.5 Å². The monoisotopic (exact) mass is 308 g/mol. The molecule has 2 aromatic rings. The van der Waals surface area contributed by atoms with Crippen LogP contribution in [-0.2, 0) is 10.0 Å². The summed E-state index contributed by atoms with van der Waals surface area (Å²) >= 11 is 0. The average molecular weight is 308 g/mol. The minimum absolute atomic E-state index is 0.0164. The van der Waals surface area contributed by atoms with Crippen LogP contribution in [-0.4, -0.2) is 27.7 Å². The summed E-state index contributed by atoms with van der Waals surface area (Å²) in [4.78, 5) is -0.0193. The van der Waals surface area contributed by atoms with Crippen molar-refractivity contribution in [2.45, 2.75) is 4.90 Å². The molecule has 3 N–H and O–H groups in total. The third-order valence-corrected chi connectivity index (χ3v) is 4.91. The first kappa shape index (κ1) is 15.0. The van der Waals surface area contributed by atoms with Crippen LogP contribution in [0, 0.1) is 0 Å². The lowest BCUT2D eigenvalue weighted by Gasteiger charge is -2.20. The molecule has 2 rings (SSSR count). The second kappa shape index (κ2) is 5.53. The molecule has 0 spiro atoms. The molecule has 0 fully saturated rings. The van der Waals surface area contributed by atoms with Gasteiger partial charge in [-0.25, -0.2) is 8.42 Å². The van der Waals surface area contributed by atoms with Crippen LogP contribution in [0.15, 0.2) is 47.4 Å². The minimum Gasteiger partial charge on any atom is -0.508 e. The fraction of sp³-hybridized carbons (Fsp3) is 0.143. The van der Waals surface area contributed by atoms with E-state index in [0.29, 0.717) is 11.4 Å². The molecule has 0 heterocycles. The highest BCUT2D eigenvalue weighted by atomic mass is 32.2. The molecular formula is C14H16N2O4S. The lowest BCUT2D eigenvalue weighted by atomic mass is 10.3. The SMILES string of the molecule is COc1ccc(S(=O)(=O)N(C)c2cccc(O)c2)c(N)c1. The Kier molecular flexibility index (Phi) is 3.95. The van der Waals surface area contributed by atoms with Gasteiger partial charge >= 0.3 is 0 Å². The standard InChI is InChI=1S/C14H16N2O4S/c1-16(10-4-3-5-11(17)8-10)21(18,19)14-7-6-12(20-2)9-13(14)15/h3-9,17H,15H2,1-2H3. The van der Waals surface area contributed by atoms with Crippen molar-refractivity contribution in [1.82, 2.24) is 0 Å². The van der Waals surface area contributed by atoms with E-state index in [1.165, 1.54) is 44.5 Å². The van der Waals surface area contributed by atoms with Crippen molar-refractivity contribution in [3.05, 3.63) is 42.5 Å². The Hall–Kier alpha value is -2.41. The molecule has 0 aromatic heterocycles. The topological polar surface area (TPSA) is 92.9 Å². The average Bonchev–Trinajstić information content (AvgIpc) is 2.45. The fourth-order valence-corrected chi connectivity index (χ4v) is 3.15. The third kappa shape index (κ3) is 2.87. The number of aromatic hydroxyl groups is 1. The van der Waals surface area contributed by atoms with E-state index >= 15 is 0 Å². The highest BCUT2D eigenvalue weighted by Gasteiger charge is 2.24. The molecule has 0 bridgehead atoms. The van der Waals surface area contributed by atoms with Gasteiger partial charge in [-0.3, -0.25) is 4.31 Å². The predicted octanol–water partition coefficient (Wildman–Crippen LogP) is 1.81. The van der Waals surface area contributed by atoms with Crippen LogP contribution in [0.2, 0.25) is 0 Å². The Balaban J connectivity index is 2.47. The number of phenols is 1. The molecule has 7 heteroatoms. The summed E-state index contributed by atoms with van der Waals surface area (Å²) in [5.41, 5.74) is 6.23. The van der Waals surface area contributed by atoms with E-state index in [9.17, 15) is 13.5 Å². The van der Waals surface area contributed by atoms with E-state index in [4.69, 9.17) is 10.5 Å². The molecule has 0 saturated heterocycles. The molecule has 0 aliphatic carbocycles. The Bertz CT molecular complexity index is 759. The van der Waals surface area contributed by atoms with Gasteiger partial charge in [0.1, 0.15) is 16.4 Å². The quantitative estimate of drug-likeness (QED) is 0.840. The minimum atomic E-state index is -3.82. The summed E-state index contributed by atoms with van der Waals surface area (Å²) < 4.78 is 31.2. The third-order valence-electron chi connectivity index (χ3n) is 3.05. The number of nitrogens with zero attached hydrogens (tertiary/aromatic N) is 1. The van der Waals surface area contributed by atoms with Crippen molar-refractivity contribution in [2.24, 2.45) is 0 Å². The largest absolute Gasteiger partial charge is 0.508 e. The normalized spacial score (nSPS) is 11.1. The predicted molar refractivity (Wildman–Crippen MR) is 81.1 cm³/mol. The van der Waals surface area contributed by atoms with Gasteiger partial charge in [-0.05, 0) is 24.3 Å². The first-order valence-electron chi connectivity index (χ1n) is 6.07. The number of anilines is 2. The van der Waals surface area contributed by atoms with Crippen molar-refractivity contribution in [2.75, 3.05) is 24.2 Å². The molecule has 0 radical (unpaired) electrons. The van der Waals surface area contributed by atoms with E-state index in [2.05, 4.69) is 0 Å². The maximum atomic E-state index is 12.6. The molecule has 112 valence electrons. The Labute approximate surface area is 123 Å². The van der Waals surface area contributed by atoms with Gasteiger partial charge in [-0.15, -0.1) is 0 Å². The van der Waals surface area contributed by atoms with Gasteiger partial charge in [-0.2, -0.15) is 0 Å². The number of nitrogens with two attached hydrogens (primary N) is 1. The van der Waals surface area contributed by atoms with Crippen LogP contribution in [0.3, 0.4) is 0 Å². The molecule has 6 nitrogen and oxygen atoms in total. The van der Waals surface area contributed by atoms with Crippen molar-refractivity contribution in [1.29, 1.82) is 0 Å². The van der Waals surface area contributed by atoms with Crippen LogP contribution < -0.4 is 14.8 Å². The van der Waals surface area contributed by atoms with E-state index in [1.54, 1.807) is 12.1 Å². The molecule has 0 aliphatic heterocycles. The first-order valence-corrected chi connectivity index (χ1v) is 7.51. The molecular weight excluding hydrogens is 292 g/mol. The Morgan fingerprint density at radius 1 is 1.19 bits per heavy atom. The zero-order chi connectivity index (χ0) is 15.6. The maximum absolute atomic E-state index is 12.6. The number of benzene rings is 2. The highest BCUT2D eigenvalue weighted by Crippen LogP contribution is 2.29. The first-order chi connectivity index (χ1) is 9.86. The van der Waals surface area contributed by atoms with Crippen LogP contribution >= 0.6 is 0 Å². The summed E-state index contributed by atoms with van der Waals surface area (Å²) in [7, 11) is -0.952. The van der Waals surface area contributed by atoms with E-state index in [1.807, 2.05) is 0 Å². The van der Waals surface area contributed by atoms with E-state index < -0.39 is 10.0 Å². The molecule has 0 aliphatic rings. The highest BCUT2D eigenvalue weighted by molar-refractivity contribution is 7.93. The fourth-order valence-electron chi connectivity index (χ4n) is 1.86. The summed E-state index contributed by atoms with van der Waals surface area (Å²) in [6.07, 6.45) is 0. The lowest BCUT2D eigenvalue weighted by Crippen LogP contribution is -2.27. The van der Waals surface area contributed by atoms with Crippen molar-refractivity contribution < 1.29 is 18.3 Å². The van der Waals surface area contributed by atoms with Crippen molar-refractivity contribution >= 4 is 21.4 Å². The summed E-state index contributed by atoms with van der Waals surface area (Å²) in [5.74, 6) is 0.462. The smallest absolute Gasteiger partial charge is 0.266 e. The van der Waals surface area contributed by atoms with E-state index in [-0.39, 0.29) is 16.3 Å². The summed E-state index contributed by atoms with van der Waals surface area (Å²) in [6.45, 7) is 0. The summed E-state index contributed by atoms with van der Waals surface area (Å²) in [6, 6.07) is 10.3. The number of hydrogen-bond acceptors (Lipinski definition) is 5. The van der Waals surface area contributed by atoms with E-state index in [0.717, 1.165) is 4.31 Å². The van der Waals surface area contributed by atoms with Gasteiger partial charge in [-0.1, -0.05) is 6.07 Å². The van der Waals surface area contributed by atoms with Gasteiger partial charge in [0.2, 0.25) is 0 Å². The number of rotatable bonds is 4. The van der Waals surface area contributed by atoms with Gasteiger partial charge in [0.05, 0.1) is 18.5 Å². The van der Waals surface area contributed by atoms with Gasteiger partial charge in [0, 0.05) is 19.2 Å². The van der Waals surface area contributed by atoms with Crippen LogP contribution in [0.25, 0.3) is 0 Å². The van der Waals surface area contributed by atoms with Crippen molar-refractivity contribution in [3.63, 3.8) is 0 Å². The Morgan fingerprint density at radius 3 is 2.48 bits per heavy atom. The number of ether oxygens (including phenoxy) is 1. The second-order valence-corrected chi connectivity index (χ2v) is 6.33. The molecule has 21 heavy (non-hydrogen) atoms. The maximum Gasteiger partial charge on any atom is 0.266 e. The zero-order valence-electron chi connectivity index (χ0n) is 11.6. The zero-order valence-corrected chi connectivity index (χ0v) is 12.5. The number of nitrogen functional groups attached to an aromatic ring is 1. The molecule has 0 saturated carbocycles. The van der Waals surface area contributed by atoms with Gasteiger partial charge < -0.3 is 15.6 Å². The second-order valence-electron chi connectivity index (χ2n) is 4.40. The lowest BCUT2D eigenvalue weighted by molar-refractivity contribution is 0.414. The number of sulfonamides is 1. The van der Waals surface area contributed by atoms with Crippen LogP contribution in [0.1, 0.15) is 0 Å². The van der Waals surface area contributed by atoms with Gasteiger partial charge in [0.15, 0.2) is 0 Å². The molecule has 0 unspecified atom stereocenters. The molecule has 0 amide bonds. The Morgan fingerprint density at radius 2 is 1.90 bits per heavy atom. The number of methoxy groups -OCH3 is 1. The number of phenolic OH excluding ortho intramolecular Hbond substituents is 1. The van der Waals surface area contributed by atoms with Crippen LogP contribution in [0.4, 0.5) is 11.4 Å². The van der Waals surface area contributed by atoms with Crippen molar-refractivity contribution in [3.8, 4) is 11.5 Å².